The van der Waals surface area contributed by atoms with Crippen LogP contribution >= 0.6 is 0 Å². The van der Waals surface area contributed by atoms with Crippen molar-refractivity contribution in [1.29, 1.82) is 0 Å². The van der Waals surface area contributed by atoms with Crippen molar-refractivity contribution < 1.29 is 9.59 Å². The van der Waals surface area contributed by atoms with E-state index in [1.807, 2.05) is 36.4 Å². The summed E-state index contributed by atoms with van der Waals surface area (Å²) < 4.78 is 0. The van der Waals surface area contributed by atoms with Gasteiger partial charge in [-0.25, -0.2) is 0 Å². The normalized spacial score (nSPS) is 16.2. The zero-order valence-corrected chi connectivity index (χ0v) is 18.8. The second-order valence-electron chi connectivity index (χ2n) is 8.17. The molecule has 0 aromatic heterocycles. The van der Waals surface area contributed by atoms with Crippen molar-refractivity contribution in [3.63, 3.8) is 0 Å². The summed E-state index contributed by atoms with van der Waals surface area (Å²) in [5, 5.41) is 3.19. The lowest BCUT2D eigenvalue weighted by molar-refractivity contribution is -0.142. The number of amides is 2. The molecule has 5 nitrogen and oxygen atoms in total. The smallest absolute Gasteiger partial charge is 0.247 e. The van der Waals surface area contributed by atoms with Crippen LogP contribution in [0.1, 0.15) is 50.3 Å². The summed E-state index contributed by atoms with van der Waals surface area (Å²) in [5.74, 6) is -0.0218. The zero-order valence-electron chi connectivity index (χ0n) is 18.8. The van der Waals surface area contributed by atoms with Crippen LogP contribution in [0.3, 0.4) is 0 Å². The van der Waals surface area contributed by atoms with E-state index in [4.69, 9.17) is 0 Å². The van der Waals surface area contributed by atoms with Crippen LogP contribution in [0, 0.1) is 0 Å². The molecule has 0 radical (unpaired) electrons. The molecule has 0 spiro atoms. The number of hydrogen-bond acceptors (Lipinski definition) is 3. The van der Waals surface area contributed by atoms with Gasteiger partial charge in [0.15, 0.2) is 0 Å². The first-order valence-electron chi connectivity index (χ1n) is 11.5. The molecule has 0 bridgehead atoms. The minimum Gasteiger partial charge on any atom is -0.352 e. The molecule has 2 unspecified atom stereocenters. The molecular weight excluding hydrogens is 386 g/mol. The molecule has 1 heterocycles. The summed E-state index contributed by atoms with van der Waals surface area (Å²) in [5.41, 5.74) is 2.14. The van der Waals surface area contributed by atoms with Crippen molar-refractivity contribution >= 4 is 11.8 Å². The van der Waals surface area contributed by atoms with E-state index in [1.165, 1.54) is 5.56 Å². The SMILES string of the molecule is CCN(CC)C(CNC(=O)C(c1ccccc1)N1CCCCC1=O)Cc1ccccc1. The van der Waals surface area contributed by atoms with E-state index in [0.717, 1.165) is 37.9 Å². The first-order valence-corrected chi connectivity index (χ1v) is 11.5. The first-order chi connectivity index (χ1) is 15.1. The van der Waals surface area contributed by atoms with Crippen LogP contribution < -0.4 is 5.32 Å². The molecule has 2 atom stereocenters. The Kier molecular flexibility index (Phi) is 8.65. The molecule has 1 N–H and O–H groups in total. The molecule has 1 fully saturated rings. The Hall–Kier alpha value is -2.66. The number of carbonyl (C=O) groups is 2. The first kappa shape index (κ1) is 23.0. The minimum atomic E-state index is -0.567. The van der Waals surface area contributed by atoms with Crippen LogP contribution in [0.2, 0.25) is 0 Å². The van der Waals surface area contributed by atoms with Crippen molar-refractivity contribution in [2.45, 2.75) is 51.6 Å². The molecule has 1 saturated heterocycles. The van der Waals surface area contributed by atoms with Crippen LogP contribution in [0.5, 0.6) is 0 Å². The van der Waals surface area contributed by atoms with E-state index in [-0.39, 0.29) is 17.9 Å². The highest BCUT2D eigenvalue weighted by Gasteiger charge is 2.33. The van der Waals surface area contributed by atoms with Gasteiger partial charge in [-0.1, -0.05) is 74.5 Å². The van der Waals surface area contributed by atoms with Crippen molar-refractivity contribution in [2.75, 3.05) is 26.2 Å². The standard InChI is InChI=1S/C26H35N3O2/c1-3-28(4-2)23(19-21-13-7-5-8-14-21)20-27-26(31)25(22-15-9-6-10-16-22)29-18-12-11-17-24(29)30/h5-10,13-16,23,25H,3-4,11-12,17-20H2,1-2H3,(H,27,31). The fourth-order valence-corrected chi connectivity index (χ4v) is 4.48. The fraction of sp³-hybridized carbons (Fsp3) is 0.462. The van der Waals surface area contributed by atoms with E-state index in [1.54, 1.807) is 4.90 Å². The maximum Gasteiger partial charge on any atom is 0.247 e. The van der Waals surface area contributed by atoms with Crippen molar-refractivity contribution in [2.24, 2.45) is 0 Å². The molecular formula is C26H35N3O2. The van der Waals surface area contributed by atoms with Gasteiger partial charge in [0.25, 0.3) is 0 Å². The Morgan fingerprint density at radius 1 is 1.00 bits per heavy atom. The monoisotopic (exact) mass is 421 g/mol. The predicted octanol–water partition coefficient (Wildman–Crippen LogP) is 3.81. The highest BCUT2D eigenvalue weighted by molar-refractivity contribution is 5.89. The van der Waals surface area contributed by atoms with Crippen LogP contribution in [0.25, 0.3) is 0 Å². The third-order valence-electron chi connectivity index (χ3n) is 6.19. The topological polar surface area (TPSA) is 52.7 Å². The van der Waals surface area contributed by atoms with Gasteiger partial charge in [-0.05, 0) is 43.5 Å². The van der Waals surface area contributed by atoms with Crippen LogP contribution in [0.4, 0.5) is 0 Å². The molecule has 1 aliphatic heterocycles. The number of piperidine rings is 1. The number of benzene rings is 2. The average molecular weight is 422 g/mol. The summed E-state index contributed by atoms with van der Waals surface area (Å²) in [6, 6.07) is 19.7. The number of rotatable bonds is 10. The lowest BCUT2D eigenvalue weighted by Gasteiger charge is -2.35. The maximum absolute atomic E-state index is 13.4. The van der Waals surface area contributed by atoms with Gasteiger partial charge < -0.3 is 10.2 Å². The Balaban J connectivity index is 1.76. The third kappa shape index (κ3) is 6.17. The van der Waals surface area contributed by atoms with Gasteiger partial charge in [0.2, 0.25) is 11.8 Å². The second kappa shape index (κ2) is 11.7. The van der Waals surface area contributed by atoms with Gasteiger partial charge in [-0.2, -0.15) is 0 Å². The van der Waals surface area contributed by atoms with Crippen molar-refractivity contribution in [1.82, 2.24) is 15.1 Å². The largest absolute Gasteiger partial charge is 0.352 e. The minimum absolute atomic E-state index is 0.0693. The molecule has 0 aliphatic carbocycles. The second-order valence-corrected chi connectivity index (χ2v) is 8.17. The van der Waals surface area contributed by atoms with Crippen LogP contribution in [-0.4, -0.2) is 53.8 Å². The van der Waals surface area contributed by atoms with Gasteiger partial charge in [0.1, 0.15) is 6.04 Å². The van der Waals surface area contributed by atoms with E-state index in [9.17, 15) is 9.59 Å². The third-order valence-corrected chi connectivity index (χ3v) is 6.19. The van der Waals surface area contributed by atoms with Crippen LogP contribution in [-0.2, 0) is 16.0 Å². The number of carbonyl (C=O) groups excluding carboxylic acids is 2. The number of nitrogens with one attached hydrogen (secondary N) is 1. The molecule has 2 amide bonds. The average Bonchev–Trinajstić information content (AvgIpc) is 2.81. The van der Waals surface area contributed by atoms with Gasteiger partial charge >= 0.3 is 0 Å². The molecule has 5 heteroatoms. The van der Waals surface area contributed by atoms with E-state index in [2.05, 4.69) is 48.3 Å². The van der Waals surface area contributed by atoms with E-state index < -0.39 is 6.04 Å². The summed E-state index contributed by atoms with van der Waals surface area (Å²) in [6.07, 6.45) is 3.24. The number of hydrogen-bond donors (Lipinski definition) is 1. The number of nitrogens with zero attached hydrogens (tertiary/aromatic N) is 2. The summed E-state index contributed by atoms with van der Waals surface area (Å²) in [7, 11) is 0. The quantitative estimate of drug-likeness (QED) is 0.635. The van der Waals surface area contributed by atoms with Gasteiger partial charge in [0.05, 0.1) is 0 Å². The van der Waals surface area contributed by atoms with Crippen LogP contribution in [0.15, 0.2) is 60.7 Å². The van der Waals surface area contributed by atoms with Crippen molar-refractivity contribution in [3.8, 4) is 0 Å². The lowest BCUT2D eigenvalue weighted by atomic mass is 10.00. The Morgan fingerprint density at radius 2 is 1.65 bits per heavy atom. The Morgan fingerprint density at radius 3 is 2.26 bits per heavy atom. The maximum atomic E-state index is 13.4. The highest BCUT2D eigenvalue weighted by atomic mass is 16.2. The number of likely N-dealkylation sites (tertiary alicyclic amines) is 1. The molecule has 166 valence electrons. The molecule has 1 aliphatic rings. The predicted molar refractivity (Wildman–Crippen MR) is 125 cm³/mol. The Bertz CT molecular complexity index is 821. The van der Waals surface area contributed by atoms with Gasteiger partial charge in [0, 0.05) is 25.6 Å². The molecule has 3 rings (SSSR count). The van der Waals surface area contributed by atoms with Crippen molar-refractivity contribution in [3.05, 3.63) is 71.8 Å². The molecule has 2 aromatic carbocycles. The summed E-state index contributed by atoms with van der Waals surface area (Å²) in [4.78, 5) is 30.2. The highest BCUT2D eigenvalue weighted by Crippen LogP contribution is 2.26. The van der Waals surface area contributed by atoms with E-state index in [0.29, 0.717) is 19.5 Å². The number of likely N-dealkylation sites (N-methyl/N-ethyl adjacent to an activating group) is 1. The Labute approximate surface area is 186 Å². The summed E-state index contributed by atoms with van der Waals surface area (Å²) >= 11 is 0. The summed E-state index contributed by atoms with van der Waals surface area (Å²) in [6.45, 7) is 7.36. The zero-order chi connectivity index (χ0) is 22.1. The molecule has 31 heavy (non-hydrogen) atoms. The molecule has 0 saturated carbocycles. The fourth-order valence-electron chi connectivity index (χ4n) is 4.48. The molecule has 2 aromatic rings. The van der Waals surface area contributed by atoms with Gasteiger partial charge in [-0.3, -0.25) is 14.5 Å². The van der Waals surface area contributed by atoms with E-state index >= 15 is 0 Å². The van der Waals surface area contributed by atoms with Gasteiger partial charge in [-0.15, -0.1) is 0 Å². The lowest BCUT2D eigenvalue weighted by Crippen LogP contribution is -2.50.